The topological polar surface area (TPSA) is 84.3 Å². The summed E-state index contributed by atoms with van der Waals surface area (Å²) in [4.78, 5) is 22.8. The minimum atomic E-state index is -0.608. The maximum Gasteiger partial charge on any atom is 0.300 e. The zero-order chi connectivity index (χ0) is 15.0. The van der Waals surface area contributed by atoms with E-state index in [2.05, 4.69) is 10.6 Å². The van der Waals surface area contributed by atoms with Crippen molar-refractivity contribution in [2.24, 2.45) is 0 Å². The van der Waals surface area contributed by atoms with Gasteiger partial charge in [-0.1, -0.05) is 17.7 Å². The highest BCUT2D eigenvalue weighted by molar-refractivity contribution is 6.33. The third kappa shape index (κ3) is 3.34. The number of para-hydroxylation sites is 1. The molecule has 1 aromatic carbocycles. The van der Waals surface area contributed by atoms with Gasteiger partial charge >= 0.3 is 5.69 Å². The van der Waals surface area contributed by atoms with Crippen LogP contribution in [-0.4, -0.2) is 29.0 Å². The highest BCUT2D eigenvalue weighted by Gasteiger charge is 2.35. The zero-order valence-corrected chi connectivity index (χ0v) is 13.3. The smallest absolute Gasteiger partial charge is 0.300 e. The molecular weight excluding hydrogens is 329 g/mol. The lowest BCUT2D eigenvalue weighted by atomic mass is 9.99. The first-order valence-electron chi connectivity index (χ1n) is 7.04. The summed E-state index contributed by atoms with van der Waals surface area (Å²) in [5.41, 5.74) is -0.299. The van der Waals surface area contributed by atoms with Gasteiger partial charge in [-0.15, -0.1) is 12.4 Å². The maximum atomic E-state index is 12.3. The average Bonchev–Trinajstić information content (AvgIpc) is 2.77. The summed E-state index contributed by atoms with van der Waals surface area (Å²) in [6.45, 7) is 0. The van der Waals surface area contributed by atoms with Crippen LogP contribution in [0.25, 0.3) is 0 Å². The highest BCUT2D eigenvalue weighted by atomic mass is 35.5. The third-order valence-corrected chi connectivity index (χ3v) is 4.53. The number of halogens is 2. The van der Waals surface area contributed by atoms with Crippen molar-refractivity contribution in [2.45, 2.75) is 43.8 Å². The van der Waals surface area contributed by atoms with Gasteiger partial charge in [0.2, 0.25) is 0 Å². The van der Waals surface area contributed by atoms with Gasteiger partial charge in [0.05, 0.1) is 4.92 Å². The van der Waals surface area contributed by atoms with Gasteiger partial charge < -0.3 is 10.6 Å². The molecule has 22 heavy (non-hydrogen) atoms. The Hall–Kier alpha value is -1.37. The molecule has 2 saturated heterocycles. The number of rotatable bonds is 3. The van der Waals surface area contributed by atoms with E-state index in [1.807, 2.05) is 0 Å². The van der Waals surface area contributed by atoms with Crippen LogP contribution < -0.4 is 10.6 Å². The summed E-state index contributed by atoms with van der Waals surface area (Å²) in [6, 6.07) is 5.37. The Morgan fingerprint density at radius 3 is 2.55 bits per heavy atom. The Labute approximate surface area is 139 Å². The number of carbonyl (C=O) groups excluding carboxylic acids is 1. The van der Waals surface area contributed by atoms with Crippen molar-refractivity contribution < 1.29 is 9.72 Å². The number of hydrogen-bond donors (Lipinski definition) is 2. The zero-order valence-electron chi connectivity index (χ0n) is 11.8. The summed E-state index contributed by atoms with van der Waals surface area (Å²) in [7, 11) is 0. The molecule has 0 saturated carbocycles. The fraction of sp³-hybridized carbons (Fsp3) is 0.500. The van der Waals surface area contributed by atoms with Crippen LogP contribution in [0.2, 0.25) is 5.02 Å². The highest BCUT2D eigenvalue weighted by Crippen LogP contribution is 2.30. The van der Waals surface area contributed by atoms with E-state index in [1.54, 1.807) is 6.07 Å². The van der Waals surface area contributed by atoms with Crippen molar-refractivity contribution in [1.82, 2.24) is 10.6 Å². The van der Waals surface area contributed by atoms with Crippen LogP contribution in [-0.2, 0) is 0 Å². The van der Waals surface area contributed by atoms with Crippen LogP contribution in [0.5, 0.6) is 0 Å². The Morgan fingerprint density at radius 1 is 1.32 bits per heavy atom. The van der Waals surface area contributed by atoms with E-state index >= 15 is 0 Å². The number of piperidine rings is 1. The number of nitrogens with one attached hydrogen (secondary N) is 2. The minimum absolute atomic E-state index is 0. The molecule has 3 rings (SSSR count). The number of fused-ring (bicyclic) bond motifs is 2. The fourth-order valence-electron chi connectivity index (χ4n) is 3.32. The van der Waals surface area contributed by atoms with Crippen LogP contribution in [0.15, 0.2) is 18.2 Å². The van der Waals surface area contributed by atoms with E-state index in [-0.39, 0.29) is 34.7 Å². The standard InChI is InChI=1S/C14H16ClN3O3.ClH/c15-12-3-1-2-11(13(12)18(20)21)14(19)17-10-6-8-4-5-9(7-10)16-8;/h1-3,8-10,16H,4-7H2,(H,17,19);1H. The molecule has 2 fully saturated rings. The summed E-state index contributed by atoms with van der Waals surface area (Å²) in [6.07, 6.45) is 4.01. The van der Waals surface area contributed by atoms with Gasteiger partial charge in [-0.3, -0.25) is 14.9 Å². The van der Waals surface area contributed by atoms with E-state index in [0.29, 0.717) is 12.1 Å². The van der Waals surface area contributed by atoms with Crippen LogP contribution in [0.1, 0.15) is 36.0 Å². The number of carbonyl (C=O) groups is 1. The van der Waals surface area contributed by atoms with Gasteiger partial charge in [-0.05, 0) is 37.8 Å². The van der Waals surface area contributed by atoms with Crippen LogP contribution in [0.3, 0.4) is 0 Å². The second-order valence-electron chi connectivity index (χ2n) is 5.67. The quantitative estimate of drug-likeness (QED) is 0.651. The summed E-state index contributed by atoms with van der Waals surface area (Å²) >= 11 is 5.84. The van der Waals surface area contributed by atoms with E-state index < -0.39 is 10.8 Å². The SMILES string of the molecule is Cl.O=C(NC1CC2CCC(C1)N2)c1cccc(Cl)c1[N+](=O)[O-]. The molecule has 2 heterocycles. The number of benzene rings is 1. The number of amides is 1. The first-order chi connectivity index (χ1) is 10.0. The number of nitrogens with zero attached hydrogens (tertiary/aromatic N) is 1. The molecule has 8 heteroatoms. The van der Waals surface area contributed by atoms with Crippen molar-refractivity contribution in [3.63, 3.8) is 0 Å². The lowest BCUT2D eigenvalue weighted by molar-refractivity contribution is -0.385. The van der Waals surface area contributed by atoms with Gasteiger partial charge in [0.1, 0.15) is 10.6 Å². The van der Waals surface area contributed by atoms with Gasteiger partial charge in [0, 0.05) is 18.1 Å². The minimum Gasteiger partial charge on any atom is -0.349 e. The van der Waals surface area contributed by atoms with Gasteiger partial charge in [0.25, 0.3) is 5.91 Å². The predicted octanol–water partition coefficient (Wildman–Crippen LogP) is 2.68. The van der Waals surface area contributed by atoms with Crippen LogP contribution in [0, 0.1) is 10.1 Å². The molecule has 1 amide bonds. The molecule has 6 nitrogen and oxygen atoms in total. The molecule has 120 valence electrons. The molecule has 0 aliphatic carbocycles. The van der Waals surface area contributed by atoms with E-state index in [0.717, 1.165) is 25.7 Å². The molecule has 2 aliphatic rings. The lowest BCUT2D eigenvalue weighted by Crippen LogP contribution is -2.48. The maximum absolute atomic E-state index is 12.3. The molecule has 2 bridgehead atoms. The molecule has 0 spiro atoms. The van der Waals surface area contributed by atoms with Crippen LogP contribution >= 0.6 is 24.0 Å². The first-order valence-corrected chi connectivity index (χ1v) is 7.42. The molecule has 2 atom stereocenters. The fourth-order valence-corrected chi connectivity index (χ4v) is 3.57. The number of nitro groups is 1. The second kappa shape index (κ2) is 6.81. The normalized spacial score (nSPS) is 26.1. The lowest BCUT2D eigenvalue weighted by Gasteiger charge is -2.29. The molecule has 0 aromatic heterocycles. The second-order valence-corrected chi connectivity index (χ2v) is 6.08. The van der Waals surface area contributed by atoms with Crippen molar-refractivity contribution in [2.75, 3.05) is 0 Å². The van der Waals surface area contributed by atoms with Crippen molar-refractivity contribution >= 4 is 35.6 Å². The molecule has 2 N–H and O–H groups in total. The molecule has 2 aliphatic heterocycles. The summed E-state index contributed by atoms with van der Waals surface area (Å²) < 4.78 is 0. The summed E-state index contributed by atoms with van der Waals surface area (Å²) in [5.74, 6) is -0.421. The number of hydrogen-bond acceptors (Lipinski definition) is 4. The third-order valence-electron chi connectivity index (χ3n) is 4.22. The molecule has 0 radical (unpaired) electrons. The predicted molar refractivity (Wildman–Crippen MR) is 85.8 cm³/mol. The summed E-state index contributed by atoms with van der Waals surface area (Å²) in [5, 5.41) is 17.5. The van der Waals surface area contributed by atoms with Gasteiger partial charge in [-0.2, -0.15) is 0 Å². The van der Waals surface area contributed by atoms with Crippen LogP contribution in [0.4, 0.5) is 5.69 Å². The van der Waals surface area contributed by atoms with Gasteiger partial charge in [0.15, 0.2) is 0 Å². The van der Waals surface area contributed by atoms with Crippen molar-refractivity contribution in [3.8, 4) is 0 Å². The van der Waals surface area contributed by atoms with E-state index in [1.165, 1.54) is 12.1 Å². The number of nitro benzene ring substituents is 1. The molecule has 1 aromatic rings. The molecule has 2 unspecified atom stereocenters. The average molecular weight is 346 g/mol. The monoisotopic (exact) mass is 345 g/mol. The van der Waals surface area contributed by atoms with Crippen molar-refractivity contribution in [1.29, 1.82) is 0 Å². The van der Waals surface area contributed by atoms with Gasteiger partial charge in [-0.25, -0.2) is 0 Å². The Kier molecular flexibility index (Phi) is 5.26. The Balaban J connectivity index is 0.00000176. The van der Waals surface area contributed by atoms with E-state index in [4.69, 9.17) is 11.6 Å². The van der Waals surface area contributed by atoms with E-state index in [9.17, 15) is 14.9 Å². The Morgan fingerprint density at radius 2 is 1.95 bits per heavy atom. The Bertz CT molecular complexity index is 585. The molecular formula is C14H17Cl2N3O3. The van der Waals surface area contributed by atoms with Crippen molar-refractivity contribution in [3.05, 3.63) is 38.9 Å². The first kappa shape index (κ1) is 17.0. The largest absolute Gasteiger partial charge is 0.349 e.